The monoisotopic (exact) mass is 624 g/mol. The van der Waals surface area contributed by atoms with Gasteiger partial charge in [0, 0.05) is 17.7 Å². The molecule has 246 valence electrons. The first-order valence-electron chi connectivity index (χ1n) is 16.0. The fourth-order valence-electron chi connectivity index (χ4n) is 5.08. The van der Waals surface area contributed by atoms with Gasteiger partial charge in [-0.05, 0) is 107 Å². The quantitative estimate of drug-likeness (QED) is 0.117. The van der Waals surface area contributed by atoms with Gasteiger partial charge in [-0.2, -0.15) is 0 Å². The maximum Gasteiger partial charge on any atom is 0.309 e. The fraction of sp³-hybridized carbons (Fsp3) is 0.553. The molecule has 0 aromatic carbocycles. The number of carbonyl (C=O) groups excluding carboxylic acids is 1. The molecule has 0 amide bonds. The van der Waals surface area contributed by atoms with Crippen molar-refractivity contribution in [1.82, 2.24) is 0 Å². The van der Waals surface area contributed by atoms with Crippen molar-refractivity contribution in [1.29, 1.82) is 0 Å². The van der Waals surface area contributed by atoms with Gasteiger partial charge < -0.3 is 10.8 Å². The van der Waals surface area contributed by atoms with E-state index in [1.165, 1.54) is 17.3 Å². The highest BCUT2D eigenvalue weighted by atomic mass is 32.2. The van der Waals surface area contributed by atoms with Crippen LogP contribution in [0.4, 0.5) is 0 Å². The number of aliphatic carboxylic acids is 1. The summed E-state index contributed by atoms with van der Waals surface area (Å²) in [5.74, 6) is -0.186. The van der Waals surface area contributed by atoms with Crippen LogP contribution in [0.3, 0.4) is 0 Å². The molecule has 0 heterocycles. The van der Waals surface area contributed by atoms with Gasteiger partial charge in [-0.25, -0.2) is 4.99 Å². The zero-order valence-corrected chi connectivity index (χ0v) is 30.7. The summed E-state index contributed by atoms with van der Waals surface area (Å²) in [4.78, 5) is 31.3. The molecule has 44 heavy (non-hydrogen) atoms. The smallest absolute Gasteiger partial charge is 0.309 e. The molecule has 0 spiro atoms. The van der Waals surface area contributed by atoms with Crippen molar-refractivity contribution in [3.05, 3.63) is 80.5 Å². The Morgan fingerprint density at radius 3 is 2.00 bits per heavy atom. The van der Waals surface area contributed by atoms with E-state index in [-0.39, 0.29) is 5.78 Å². The van der Waals surface area contributed by atoms with Gasteiger partial charge >= 0.3 is 5.97 Å². The number of ketones is 1. The molecule has 0 saturated heterocycles. The molecular formula is C38H60N2O3S. The number of Topliss-reactive ketones (excluding diaryl/α,β-unsaturated/α-hetero) is 1. The van der Waals surface area contributed by atoms with Crippen LogP contribution in [-0.2, 0) is 9.59 Å². The maximum absolute atomic E-state index is 13.9. The van der Waals surface area contributed by atoms with E-state index in [1.807, 2.05) is 53.0 Å². The number of carbonyl (C=O) groups is 2. The number of thioether (sulfide) groups is 1. The number of carboxylic acids is 1. The third-order valence-corrected chi connectivity index (χ3v) is 9.31. The van der Waals surface area contributed by atoms with Gasteiger partial charge in [-0.3, -0.25) is 9.59 Å². The maximum atomic E-state index is 13.9. The largest absolute Gasteiger partial charge is 0.481 e. The minimum atomic E-state index is -1.12. The van der Waals surface area contributed by atoms with Crippen LogP contribution in [0, 0.1) is 16.7 Å². The van der Waals surface area contributed by atoms with Crippen molar-refractivity contribution in [2.75, 3.05) is 0 Å². The zero-order valence-electron chi connectivity index (χ0n) is 29.9. The zero-order chi connectivity index (χ0) is 34.4. The van der Waals surface area contributed by atoms with E-state index in [1.54, 1.807) is 13.8 Å². The van der Waals surface area contributed by atoms with Crippen molar-refractivity contribution in [3.63, 3.8) is 0 Å². The van der Waals surface area contributed by atoms with Gasteiger partial charge in [0.05, 0.1) is 10.8 Å². The molecule has 0 unspecified atom stereocenters. The number of nitrogens with two attached hydrogens (primary N) is 1. The Morgan fingerprint density at radius 2 is 1.57 bits per heavy atom. The summed E-state index contributed by atoms with van der Waals surface area (Å²) in [5, 5.41) is 11.6. The Morgan fingerprint density at radius 1 is 1.00 bits per heavy atom. The second kappa shape index (κ2) is 18.8. The lowest BCUT2D eigenvalue weighted by Crippen LogP contribution is -2.33. The predicted molar refractivity (Wildman–Crippen MR) is 194 cm³/mol. The van der Waals surface area contributed by atoms with Crippen LogP contribution in [0.5, 0.6) is 0 Å². The predicted octanol–water partition coefficient (Wildman–Crippen LogP) is 10.9. The first-order chi connectivity index (χ1) is 20.4. The highest BCUT2D eigenvalue weighted by Crippen LogP contribution is 2.47. The van der Waals surface area contributed by atoms with Crippen molar-refractivity contribution < 1.29 is 14.7 Å². The molecule has 0 aliphatic rings. The highest BCUT2D eigenvalue weighted by Gasteiger charge is 2.41. The molecule has 3 N–H and O–H groups in total. The highest BCUT2D eigenvalue weighted by molar-refractivity contribution is 8.05. The van der Waals surface area contributed by atoms with Gasteiger partial charge in [0.1, 0.15) is 11.6 Å². The lowest BCUT2D eigenvalue weighted by Gasteiger charge is -2.34. The number of rotatable bonds is 18. The average Bonchev–Trinajstić information content (AvgIpc) is 2.95. The number of hydrogen-bond acceptors (Lipinski definition) is 5. The van der Waals surface area contributed by atoms with Crippen molar-refractivity contribution in [2.45, 2.75) is 122 Å². The second-order valence-corrected chi connectivity index (χ2v) is 13.4. The molecule has 0 bridgehead atoms. The number of carboxylic acid groups (broad SMARTS) is 1. The van der Waals surface area contributed by atoms with E-state index >= 15 is 0 Å². The molecule has 0 aliphatic heterocycles. The SMILES string of the molecule is C=C(S/C=C(\CC)CC(C)(C)C(=O)O)[C@](C)(C(=O)CC)C(/C(C)=C/CC)=C(N)/N=C(C)\C(=C/CC)C(\C=C/C)=C(\C)C(C)C. The van der Waals surface area contributed by atoms with Crippen LogP contribution in [0.15, 0.2) is 85.4 Å². The van der Waals surface area contributed by atoms with Crippen molar-refractivity contribution >= 4 is 29.2 Å². The van der Waals surface area contributed by atoms with E-state index in [4.69, 9.17) is 10.7 Å². The summed E-state index contributed by atoms with van der Waals surface area (Å²) in [7, 11) is 0. The van der Waals surface area contributed by atoms with Gasteiger partial charge in [0.25, 0.3) is 0 Å². The summed E-state index contributed by atoms with van der Waals surface area (Å²) < 4.78 is 0. The summed E-state index contributed by atoms with van der Waals surface area (Å²) in [5.41, 5.74) is 11.7. The van der Waals surface area contributed by atoms with Crippen LogP contribution < -0.4 is 5.73 Å². The Balaban J connectivity index is 7.49. The van der Waals surface area contributed by atoms with E-state index in [0.717, 1.165) is 40.8 Å². The number of allylic oxidation sites excluding steroid dienone is 11. The average molecular weight is 625 g/mol. The summed E-state index contributed by atoms with van der Waals surface area (Å²) >= 11 is 1.38. The lowest BCUT2D eigenvalue weighted by molar-refractivity contribution is -0.146. The molecule has 5 nitrogen and oxygen atoms in total. The van der Waals surface area contributed by atoms with Gasteiger partial charge in [0.2, 0.25) is 0 Å². The molecule has 1 atom stereocenters. The molecule has 0 saturated carbocycles. The minimum Gasteiger partial charge on any atom is -0.481 e. The fourth-order valence-corrected chi connectivity index (χ4v) is 6.09. The minimum absolute atomic E-state index is 0.00329. The molecular weight excluding hydrogens is 564 g/mol. The van der Waals surface area contributed by atoms with E-state index in [0.29, 0.717) is 41.5 Å². The molecule has 0 aromatic heterocycles. The summed E-state index contributed by atoms with van der Waals surface area (Å²) in [6.45, 7) is 30.3. The Kier molecular flexibility index (Phi) is 17.6. The Labute approximate surface area is 273 Å². The topological polar surface area (TPSA) is 92.8 Å². The Bertz CT molecular complexity index is 1270. The van der Waals surface area contributed by atoms with E-state index < -0.39 is 16.8 Å². The molecule has 0 aromatic rings. The molecule has 0 aliphatic carbocycles. The Hall–Kier alpha value is -2.86. The van der Waals surface area contributed by atoms with Gasteiger partial charge in [0.15, 0.2) is 0 Å². The van der Waals surface area contributed by atoms with Crippen LogP contribution in [0.1, 0.15) is 122 Å². The molecule has 6 heteroatoms. The third-order valence-electron chi connectivity index (χ3n) is 8.17. The van der Waals surface area contributed by atoms with Crippen LogP contribution >= 0.6 is 11.8 Å². The number of aliphatic imine (C=N–C) groups is 1. The first-order valence-corrected chi connectivity index (χ1v) is 16.9. The number of hydrogen-bond donors (Lipinski definition) is 2. The van der Waals surface area contributed by atoms with E-state index in [2.05, 4.69) is 59.4 Å². The van der Waals surface area contributed by atoms with E-state index in [9.17, 15) is 14.7 Å². The second-order valence-electron chi connectivity index (χ2n) is 12.5. The number of nitrogens with zero attached hydrogens (tertiary/aromatic N) is 1. The van der Waals surface area contributed by atoms with Gasteiger partial charge in [-0.1, -0.05) is 83.6 Å². The molecule has 0 radical (unpaired) electrons. The summed E-state index contributed by atoms with van der Waals surface area (Å²) in [6, 6.07) is 0. The molecule has 0 fully saturated rings. The van der Waals surface area contributed by atoms with Crippen LogP contribution in [0.25, 0.3) is 0 Å². The van der Waals surface area contributed by atoms with Crippen LogP contribution in [0.2, 0.25) is 0 Å². The van der Waals surface area contributed by atoms with Crippen molar-refractivity contribution in [2.24, 2.45) is 27.5 Å². The summed E-state index contributed by atoms with van der Waals surface area (Å²) in [6.07, 6.45) is 11.4. The first kappa shape index (κ1) is 41.1. The standard InChI is InChI=1S/C38H60N2O3S/c1-15-20-26(8)34(35(39)40-28(10)32(22-17-3)31(21-16-2)27(9)25(6)7)38(14,33(41)19-5)29(11)44-24-30(18-4)23-37(12,13)36(42)43/h16,20-22,24-25H,11,15,17-19,23,39H2,1-10,12-14H3,(H,42,43)/b21-16-,26-20+,30-24+,31-27-,32-22+,35-34+,40-28-/t38-/m1/s1. The van der Waals surface area contributed by atoms with Crippen molar-refractivity contribution in [3.8, 4) is 0 Å². The lowest BCUT2D eigenvalue weighted by atomic mass is 9.73. The normalized spacial score (nSPS) is 16.6. The molecule has 0 rings (SSSR count). The van der Waals surface area contributed by atoms with Crippen LogP contribution in [-0.4, -0.2) is 22.6 Å². The van der Waals surface area contributed by atoms with Gasteiger partial charge in [-0.15, -0.1) is 11.8 Å². The third kappa shape index (κ3) is 10.9.